The molecular weight excluding hydrogens is 322 g/mol. The van der Waals surface area contributed by atoms with E-state index in [1.807, 2.05) is 12.1 Å². The standard InChI is InChI=1S/C15H14ClN3O2S/c1-9(20)22-8-10-5-14(21)19(7-10)15-17-6-11-12(16)3-2-4-13(11)18-15/h2-4,6,10H,5,7-8H2,1H3. The van der Waals surface area contributed by atoms with E-state index in [0.717, 1.165) is 5.39 Å². The highest BCUT2D eigenvalue weighted by molar-refractivity contribution is 8.13. The normalized spacial score (nSPS) is 18.2. The maximum absolute atomic E-state index is 12.2. The highest BCUT2D eigenvalue weighted by Gasteiger charge is 2.32. The molecule has 1 aliphatic rings. The van der Waals surface area contributed by atoms with Crippen LogP contribution in [0.15, 0.2) is 24.4 Å². The van der Waals surface area contributed by atoms with E-state index in [4.69, 9.17) is 11.6 Å². The van der Waals surface area contributed by atoms with Crippen LogP contribution in [0.4, 0.5) is 5.95 Å². The lowest BCUT2D eigenvalue weighted by atomic mass is 10.1. The highest BCUT2D eigenvalue weighted by atomic mass is 35.5. The van der Waals surface area contributed by atoms with E-state index < -0.39 is 0 Å². The number of hydrogen-bond acceptors (Lipinski definition) is 5. The van der Waals surface area contributed by atoms with Gasteiger partial charge in [-0.2, -0.15) is 0 Å². The first-order valence-electron chi connectivity index (χ1n) is 6.89. The van der Waals surface area contributed by atoms with Crippen LogP contribution in [-0.2, 0) is 9.59 Å². The van der Waals surface area contributed by atoms with Gasteiger partial charge in [-0.05, 0) is 18.1 Å². The Morgan fingerprint density at radius 1 is 1.50 bits per heavy atom. The van der Waals surface area contributed by atoms with Crippen molar-refractivity contribution in [3.8, 4) is 0 Å². The van der Waals surface area contributed by atoms with Crippen LogP contribution in [-0.4, -0.2) is 33.3 Å². The Balaban J connectivity index is 1.82. The molecule has 1 amide bonds. The molecule has 3 rings (SSSR count). The Morgan fingerprint density at radius 2 is 2.32 bits per heavy atom. The van der Waals surface area contributed by atoms with Crippen LogP contribution in [0.1, 0.15) is 13.3 Å². The average Bonchev–Trinajstić information content (AvgIpc) is 2.86. The zero-order chi connectivity index (χ0) is 15.7. The second-order valence-corrected chi connectivity index (χ2v) is 6.82. The summed E-state index contributed by atoms with van der Waals surface area (Å²) in [6.07, 6.45) is 2.07. The number of aromatic nitrogens is 2. The van der Waals surface area contributed by atoms with Crippen molar-refractivity contribution in [1.29, 1.82) is 0 Å². The third kappa shape index (κ3) is 3.08. The van der Waals surface area contributed by atoms with E-state index in [1.54, 1.807) is 17.2 Å². The molecule has 1 aromatic carbocycles. The predicted octanol–water partition coefficient (Wildman–Crippen LogP) is 2.92. The summed E-state index contributed by atoms with van der Waals surface area (Å²) in [5, 5.41) is 1.43. The number of hydrogen-bond donors (Lipinski definition) is 0. The van der Waals surface area contributed by atoms with Gasteiger partial charge in [-0.25, -0.2) is 9.97 Å². The first-order chi connectivity index (χ1) is 10.5. The predicted molar refractivity (Wildman–Crippen MR) is 88.1 cm³/mol. The van der Waals surface area contributed by atoms with Crippen LogP contribution in [0.25, 0.3) is 10.9 Å². The molecule has 1 saturated heterocycles. The van der Waals surface area contributed by atoms with E-state index in [1.165, 1.54) is 18.7 Å². The maximum atomic E-state index is 12.2. The molecule has 0 radical (unpaired) electrons. The molecule has 0 bridgehead atoms. The zero-order valence-electron chi connectivity index (χ0n) is 12.0. The lowest BCUT2D eigenvalue weighted by Gasteiger charge is -2.14. The number of benzene rings is 1. The molecule has 1 aliphatic heterocycles. The number of carbonyl (C=O) groups is 2. The molecule has 2 heterocycles. The lowest BCUT2D eigenvalue weighted by Crippen LogP contribution is -2.26. The number of nitrogens with zero attached hydrogens (tertiary/aromatic N) is 3. The van der Waals surface area contributed by atoms with Crippen LogP contribution in [0, 0.1) is 5.92 Å². The largest absolute Gasteiger partial charge is 0.288 e. The average molecular weight is 336 g/mol. The number of halogens is 1. The summed E-state index contributed by atoms with van der Waals surface area (Å²) in [7, 11) is 0. The van der Waals surface area contributed by atoms with Gasteiger partial charge >= 0.3 is 0 Å². The van der Waals surface area contributed by atoms with Gasteiger partial charge in [0.1, 0.15) is 0 Å². The fraction of sp³-hybridized carbons (Fsp3) is 0.333. The summed E-state index contributed by atoms with van der Waals surface area (Å²) < 4.78 is 0. The molecule has 0 saturated carbocycles. The number of amides is 1. The number of anilines is 1. The molecule has 0 aliphatic carbocycles. The zero-order valence-corrected chi connectivity index (χ0v) is 13.5. The summed E-state index contributed by atoms with van der Waals surface area (Å²) in [5.74, 6) is 1.20. The lowest BCUT2D eigenvalue weighted by molar-refractivity contribution is -0.117. The second kappa shape index (κ2) is 6.22. The third-order valence-corrected chi connectivity index (χ3v) is 4.90. The topological polar surface area (TPSA) is 63.2 Å². The Hall–Kier alpha value is -1.66. The van der Waals surface area contributed by atoms with Crippen molar-refractivity contribution in [1.82, 2.24) is 9.97 Å². The van der Waals surface area contributed by atoms with Crippen molar-refractivity contribution < 1.29 is 9.59 Å². The van der Waals surface area contributed by atoms with Crippen LogP contribution in [0.3, 0.4) is 0 Å². The molecule has 0 N–H and O–H groups in total. The molecule has 0 spiro atoms. The molecule has 1 fully saturated rings. The van der Waals surface area contributed by atoms with Gasteiger partial charge in [-0.3, -0.25) is 14.5 Å². The van der Waals surface area contributed by atoms with Crippen molar-refractivity contribution in [3.63, 3.8) is 0 Å². The monoisotopic (exact) mass is 335 g/mol. The fourth-order valence-electron chi connectivity index (χ4n) is 2.46. The smallest absolute Gasteiger partial charge is 0.232 e. The molecule has 114 valence electrons. The Morgan fingerprint density at radius 3 is 3.09 bits per heavy atom. The number of thioether (sulfide) groups is 1. The van der Waals surface area contributed by atoms with Crippen LogP contribution >= 0.6 is 23.4 Å². The molecule has 1 atom stereocenters. The fourth-order valence-corrected chi connectivity index (χ4v) is 3.37. The Labute approximate surface area is 137 Å². The number of fused-ring (bicyclic) bond motifs is 1. The van der Waals surface area contributed by atoms with Gasteiger partial charge in [0, 0.05) is 37.2 Å². The summed E-state index contributed by atoms with van der Waals surface area (Å²) in [5.41, 5.74) is 0.715. The SMILES string of the molecule is CC(=O)SCC1CC(=O)N(c2ncc3c(Cl)cccc3n2)C1. The van der Waals surface area contributed by atoms with E-state index in [2.05, 4.69) is 9.97 Å². The molecule has 1 aromatic heterocycles. The van der Waals surface area contributed by atoms with Gasteiger partial charge in [0.15, 0.2) is 5.12 Å². The van der Waals surface area contributed by atoms with Gasteiger partial charge in [-0.15, -0.1) is 0 Å². The van der Waals surface area contributed by atoms with Gasteiger partial charge < -0.3 is 0 Å². The molecule has 7 heteroatoms. The van der Waals surface area contributed by atoms with E-state index in [-0.39, 0.29) is 16.9 Å². The van der Waals surface area contributed by atoms with Crippen molar-refractivity contribution in [2.45, 2.75) is 13.3 Å². The van der Waals surface area contributed by atoms with Crippen molar-refractivity contribution in [2.24, 2.45) is 5.92 Å². The maximum Gasteiger partial charge on any atom is 0.232 e. The van der Waals surface area contributed by atoms with Crippen LogP contribution < -0.4 is 4.90 Å². The Kier molecular flexibility index (Phi) is 4.31. The van der Waals surface area contributed by atoms with E-state index in [0.29, 0.717) is 35.2 Å². The summed E-state index contributed by atoms with van der Waals surface area (Å²) in [6.45, 7) is 2.08. The molecule has 2 aromatic rings. The van der Waals surface area contributed by atoms with Gasteiger partial charge in [-0.1, -0.05) is 29.4 Å². The quantitative estimate of drug-likeness (QED) is 0.863. The molecule has 5 nitrogen and oxygen atoms in total. The van der Waals surface area contributed by atoms with Crippen molar-refractivity contribution in [2.75, 3.05) is 17.2 Å². The second-order valence-electron chi connectivity index (χ2n) is 5.22. The summed E-state index contributed by atoms with van der Waals surface area (Å²) >= 11 is 7.35. The minimum atomic E-state index is -0.00414. The van der Waals surface area contributed by atoms with Gasteiger partial charge in [0.2, 0.25) is 11.9 Å². The summed E-state index contributed by atoms with van der Waals surface area (Å²) in [4.78, 5) is 33.5. The highest BCUT2D eigenvalue weighted by Crippen LogP contribution is 2.27. The number of carbonyl (C=O) groups excluding carboxylic acids is 2. The first-order valence-corrected chi connectivity index (χ1v) is 8.26. The molecular formula is C15H14ClN3O2S. The molecule has 1 unspecified atom stereocenters. The van der Waals surface area contributed by atoms with Crippen LogP contribution in [0.2, 0.25) is 5.02 Å². The van der Waals surface area contributed by atoms with E-state index >= 15 is 0 Å². The first kappa shape index (κ1) is 15.2. The Bertz CT molecular complexity index is 753. The number of rotatable bonds is 3. The minimum absolute atomic E-state index is 0.00414. The van der Waals surface area contributed by atoms with E-state index in [9.17, 15) is 9.59 Å². The van der Waals surface area contributed by atoms with Crippen molar-refractivity contribution in [3.05, 3.63) is 29.4 Å². The van der Waals surface area contributed by atoms with Crippen molar-refractivity contribution >= 4 is 51.2 Å². The molecule has 22 heavy (non-hydrogen) atoms. The summed E-state index contributed by atoms with van der Waals surface area (Å²) in [6, 6.07) is 5.44. The third-order valence-electron chi connectivity index (χ3n) is 3.53. The van der Waals surface area contributed by atoms with Gasteiger partial charge in [0.05, 0.1) is 10.5 Å². The minimum Gasteiger partial charge on any atom is -0.288 e. The van der Waals surface area contributed by atoms with Gasteiger partial charge in [0.25, 0.3) is 0 Å². The van der Waals surface area contributed by atoms with Crippen LogP contribution in [0.5, 0.6) is 0 Å².